The molecule has 2 aromatic carbocycles. The van der Waals surface area contributed by atoms with Gasteiger partial charge < -0.3 is 31.5 Å². The van der Waals surface area contributed by atoms with Gasteiger partial charge in [-0.1, -0.05) is 82.6 Å². The molecule has 2 aromatic rings. The van der Waals surface area contributed by atoms with Crippen molar-refractivity contribution < 1.29 is 29.0 Å². The summed E-state index contributed by atoms with van der Waals surface area (Å²) in [6.45, 7) is 8.46. The monoisotopic (exact) mass is 622 g/mol. The van der Waals surface area contributed by atoms with Crippen molar-refractivity contribution in [3.8, 4) is 11.1 Å². The molecule has 0 heterocycles. The number of carboxylic acids is 1. The van der Waals surface area contributed by atoms with Gasteiger partial charge in [-0.05, 0) is 59.9 Å². The Morgan fingerprint density at radius 2 is 1.38 bits per heavy atom. The van der Waals surface area contributed by atoms with Crippen LogP contribution < -0.4 is 21.7 Å². The molecule has 0 saturated carbocycles. The summed E-state index contributed by atoms with van der Waals surface area (Å²) >= 11 is 0. The maximum absolute atomic E-state index is 13.2. The Balaban J connectivity index is 1.57. The molecular weight excluding hydrogens is 572 g/mol. The van der Waals surface area contributed by atoms with Gasteiger partial charge in [0, 0.05) is 36.9 Å². The molecule has 0 aliphatic heterocycles. The number of rotatable bonds is 18. The molecule has 6 N–H and O–H groups in total. The van der Waals surface area contributed by atoms with E-state index in [2.05, 4.69) is 40.2 Å². The predicted octanol–water partition coefficient (Wildman–Crippen LogP) is 4.95. The summed E-state index contributed by atoms with van der Waals surface area (Å²) in [5, 5.41) is 17.9. The lowest BCUT2D eigenvalue weighted by Gasteiger charge is -2.25. The number of alkyl carbamates (subject to hydrolysis) is 1. The van der Waals surface area contributed by atoms with Crippen LogP contribution in [0.4, 0.5) is 4.79 Å². The Labute approximate surface area is 266 Å². The van der Waals surface area contributed by atoms with Crippen LogP contribution in [0.2, 0.25) is 0 Å². The average molecular weight is 623 g/mol. The summed E-state index contributed by atoms with van der Waals surface area (Å²) < 4.78 is 5.70. The zero-order valence-corrected chi connectivity index (χ0v) is 27.0. The fourth-order valence-electron chi connectivity index (χ4n) is 5.98. The smallest absolute Gasteiger partial charge is 0.407 e. The van der Waals surface area contributed by atoms with E-state index in [-0.39, 0.29) is 55.4 Å². The van der Waals surface area contributed by atoms with Crippen LogP contribution in [0.15, 0.2) is 48.5 Å². The molecule has 45 heavy (non-hydrogen) atoms. The molecule has 3 rings (SSSR count). The molecule has 3 amide bonds. The number of fused-ring (bicyclic) bond motifs is 3. The molecule has 0 bridgehead atoms. The molecule has 0 aromatic heterocycles. The van der Waals surface area contributed by atoms with Crippen LogP contribution in [0.3, 0.4) is 0 Å². The van der Waals surface area contributed by atoms with Crippen LogP contribution in [0.5, 0.6) is 0 Å². The highest BCUT2D eigenvalue weighted by Gasteiger charge is 2.30. The van der Waals surface area contributed by atoms with Gasteiger partial charge in [0.05, 0.1) is 6.42 Å². The first-order valence-corrected chi connectivity index (χ1v) is 16.1. The fraction of sp³-hybridized carbons (Fsp3) is 0.543. The summed E-state index contributed by atoms with van der Waals surface area (Å²) in [6.07, 6.45) is 1.87. The van der Waals surface area contributed by atoms with Gasteiger partial charge in [-0.3, -0.25) is 14.4 Å². The molecule has 0 fully saturated rings. The van der Waals surface area contributed by atoms with Gasteiger partial charge in [0.1, 0.15) is 6.61 Å². The van der Waals surface area contributed by atoms with Crippen LogP contribution in [0, 0.1) is 11.8 Å². The van der Waals surface area contributed by atoms with Crippen LogP contribution in [0.25, 0.3) is 11.1 Å². The molecule has 10 nitrogen and oxygen atoms in total. The lowest BCUT2D eigenvalue weighted by molar-refractivity contribution is -0.137. The van der Waals surface area contributed by atoms with E-state index < -0.39 is 30.2 Å². The second-order valence-corrected chi connectivity index (χ2v) is 12.8. The van der Waals surface area contributed by atoms with Crippen molar-refractivity contribution in [1.82, 2.24) is 16.0 Å². The number of hydrogen-bond donors (Lipinski definition) is 5. The van der Waals surface area contributed by atoms with Gasteiger partial charge in [0.25, 0.3) is 0 Å². The topological polar surface area (TPSA) is 160 Å². The molecule has 1 unspecified atom stereocenters. The van der Waals surface area contributed by atoms with E-state index in [1.54, 1.807) is 0 Å². The highest BCUT2D eigenvalue weighted by Crippen LogP contribution is 2.44. The zero-order chi connectivity index (χ0) is 32.9. The van der Waals surface area contributed by atoms with Gasteiger partial charge in [-0.25, -0.2) is 4.79 Å². The SMILES string of the molecule is CC(C)C[C@@H](CC(=O)O)NC(=O)CC(CCCCN)NC(=O)C[C@H](NC(=O)OCC1c2ccccc2-c2ccccc21)C(C)C. The Morgan fingerprint density at radius 1 is 0.800 bits per heavy atom. The van der Waals surface area contributed by atoms with E-state index in [0.29, 0.717) is 19.4 Å². The number of carbonyl (C=O) groups is 4. The lowest BCUT2D eigenvalue weighted by Crippen LogP contribution is -2.46. The van der Waals surface area contributed by atoms with Crippen molar-refractivity contribution >= 4 is 23.9 Å². The van der Waals surface area contributed by atoms with E-state index in [1.807, 2.05) is 52.0 Å². The van der Waals surface area contributed by atoms with Crippen LogP contribution in [-0.4, -0.2) is 60.3 Å². The quantitative estimate of drug-likeness (QED) is 0.147. The van der Waals surface area contributed by atoms with E-state index in [4.69, 9.17) is 10.5 Å². The first-order chi connectivity index (χ1) is 21.5. The van der Waals surface area contributed by atoms with E-state index in [9.17, 15) is 24.3 Å². The minimum atomic E-state index is -0.975. The maximum Gasteiger partial charge on any atom is 0.407 e. The van der Waals surface area contributed by atoms with Gasteiger partial charge in [0.15, 0.2) is 0 Å². The van der Waals surface area contributed by atoms with Gasteiger partial charge in [-0.2, -0.15) is 0 Å². The Bertz CT molecular complexity index is 1250. The van der Waals surface area contributed by atoms with Crippen LogP contribution in [0.1, 0.15) is 89.7 Å². The molecule has 10 heteroatoms. The van der Waals surface area contributed by atoms with Crippen LogP contribution in [-0.2, 0) is 19.1 Å². The highest BCUT2D eigenvalue weighted by atomic mass is 16.5. The van der Waals surface area contributed by atoms with E-state index in [0.717, 1.165) is 35.1 Å². The summed E-state index contributed by atoms with van der Waals surface area (Å²) in [5.41, 5.74) is 10.2. The van der Waals surface area contributed by atoms with Gasteiger partial charge in [-0.15, -0.1) is 0 Å². The first-order valence-electron chi connectivity index (χ1n) is 16.1. The summed E-state index contributed by atoms with van der Waals surface area (Å²) in [6, 6.07) is 14.8. The molecule has 0 radical (unpaired) electrons. The van der Waals surface area contributed by atoms with E-state index >= 15 is 0 Å². The molecule has 0 saturated heterocycles. The molecule has 3 atom stereocenters. The number of carboxylic acid groups (broad SMARTS) is 1. The van der Waals surface area contributed by atoms with Crippen LogP contribution >= 0.6 is 0 Å². The highest BCUT2D eigenvalue weighted by molar-refractivity contribution is 5.81. The molecule has 1 aliphatic carbocycles. The third-order valence-corrected chi connectivity index (χ3v) is 8.20. The third-order valence-electron chi connectivity index (χ3n) is 8.20. The minimum absolute atomic E-state index is 0.0197. The van der Waals surface area contributed by atoms with Gasteiger partial charge >= 0.3 is 12.1 Å². The van der Waals surface area contributed by atoms with Crippen molar-refractivity contribution in [2.24, 2.45) is 17.6 Å². The number of amides is 3. The Kier molecular flexibility index (Phi) is 13.9. The number of benzene rings is 2. The minimum Gasteiger partial charge on any atom is -0.481 e. The normalized spacial score (nSPS) is 14.3. The average Bonchev–Trinajstić information content (AvgIpc) is 3.28. The number of unbranched alkanes of at least 4 members (excludes halogenated alkanes) is 1. The maximum atomic E-state index is 13.2. The number of carbonyl (C=O) groups excluding carboxylic acids is 3. The second kappa shape index (κ2) is 17.5. The Hall–Kier alpha value is -3.92. The Morgan fingerprint density at radius 3 is 1.93 bits per heavy atom. The van der Waals surface area contributed by atoms with Crippen molar-refractivity contribution in [2.75, 3.05) is 13.2 Å². The number of aliphatic carboxylic acids is 1. The van der Waals surface area contributed by atoms with Gasteiger partial charge in [0.2, 0.25) is 11.8 Å². The van der Waals surface area contributed by atoms with Crippen molar-refractivity contribution in [3.63, 3.8) is 0 Å². The number of ether oxygens (including phenoxy) is 1. The number of hydrogen-bond acceptors (Lipinski definition) is 6. The first kappa shape index (κ1) is 35.6. The fourth-order valence-corrected chi connectivity index (χ4v) is 5.98. The predicted molar refractivity (Wildman–Crippen MR) is 175 cm³/mol. The molecular formula is C35H50N4O6. The number of nitrogens with one attached hydrogen (secondary N) is 3. The summed E-state index contributed by atoms with van der Waals surface area (Å²) in [4.78, 5) is 50.3. The summed E-state index contributed by atoms with van der Waals surface area (Å²) in [7, 11) is 0. The molecule has 1 aliphatic rings. The largest absolute Gasteiger partial charge is 0.481 e. The lowest BCUT2D eigenvalue weighted by atomic mass is 9.98. The zero-order valence-electron chi connectivity index (χ0n) is 27.0. The standard InChI is InChI=1S/C35H50N4O6/c1-22(2)17-25(19-34(42)43)38-32(40)18-24(11-9-10-16-36)37-33(41)20-31(23(3)4)39-35(44)45-21-30-28-14-7-5-12-26(28)27-13-6-8-15-29(27)30/h5-8,12-15,22-25,30-31H,9-11,16-21,36H2,1-4H3,(H,37,41)(H,38,40)(H,39,44)(H,42,43)/t24?,25-,31-/m0/s1. The third kappa shape index (κ3) is 11.2. The van der Waals surface area contributed by atoms with Crippen molar-refractivity contribution in [1.29, 1.82) is 0 Å². The molecule has 0 spiro atoms. The second-order valence-electron chi connectivity index (χ2n) is 12.8. The van der Waals surface area contributed by atoms with Crippen molar-refractivity contribution in [2.45, 2.75) is 96.7 Å². The van der Waals surface area contributed by atoms with E-state index in [1.165, 1.54) is 0 Å². The molecule has 246 valence electrons. The van der Waals surface area contributed by atoms with Crippen molar-refractivity contribution in [3.05, 3.63) is 59.7 Å². The number of nitrogens with two attached hydrogens (primary N) is 1. The summed E-state index contributed by atoms with van der Waals surface area (Å²) in [5.74, 6) is -1.48.